The predicted octanol–water partition coefficient (Wildman–Crippen LogP) is 3.33. The Kier molecular flexibility index (Phi) is 5.53. The summed E-state index contributed by atoms with van der Waals surface area (Å²) in [4.78, 5) is 23.9. The van der Waals surface area contributed by atoms with Crippen molar-refractivity contribution in [3.63, 3.8) is 0 Å². The topological polar surface area (TPSA) is 76.9 Å². The molecule has 1 aliphatic heterocycles. The Morgan fingerprint density at radius 3 is 2.88 bits per heavy atom. The van der Waals surface area contributed by atoms with Crippen molar-refractivity contribution in [3.05, 3.63) is 35.7 Å². The van der Waals surface area contributed by atoms with Crippen LogP contribution in [0.5, 0.6) is 0 Å². The molecule has 3 rings (SSSR count). The van der Waals surface area contributed by atoms with Gasteiger partial charge in [0.1, 0.15) is 5.82 Å². The van der Waals surface area contributed by atoms with E-state index in [1.54, 1.807) is 24.3 Å². The highest BCUT2D eigenvalue weighted by Gasteiger charge is 2.21. The third kappa shape index (κ3) is 4.28. The number of carbonyl (C=O) groups excluding carboxylic acids is 2. The molecule has 0 fully saturated rings. The summed E-state index contributed by atoms with van der Waals surface area (Å²) >= 11 is 1.42. The first kappa shape index (κ1) is 17.7. The molecule has 0 unspecified atom stereocenters. The number of ketones is 1. The molecular formula is C18H22N4O2S. The van der Waals surface area contributed by atoms with Crippen molar-refractivity contribution in [2.24, 2.45) is 0 Å². The van der Waals surface area contributed by atoms with Gasteiger partial charge in [0.2, 0.25) is 5.91 Å². The van der Waals surface area contributed by atoms with Crippen LogP contribution in [0.3, 0.4) is 0 Å². The van der Waals surface area contributed by atoms with Crippen molar-refractivity contribution in [1.82, 2.24) is 14.8 Å². The first-order chi connectivity index (χ1) is 12.0. The highest BCUT2D eigenvalue weighted by atomic mass is 32.2. The molecule has 1 N–H and O–H groups in total. The molecule has 132 valence electrons. The fourth-order valence-corrected chi connectivity index (χ4v) is 3.71. The standard InChI is InChI=1S/C18H22N4O2S/c1-12(23)14-7-6-8-15(11-14)19-17(24)13(2)25-18-21-20-16-9-4-3-5-10-22(16)18/h6-8,11,13H,3-5,9-10H2,1-2H3,(H,19,24)/t13-/m0/s1. The zero-order valence-corrected chi connectivity index (χ0v) is 15.3. The molecule has 1 atom stereocenters. The molecular weight excluding hydrogens is 336 g/mol. The van der Waals surface area contributed by atoms with E-state index in [-0.39, 0.29) is 16.9 Å². The van der Waals surface area contributed by atoms with Crippen LogP contribution in [0.15, 0.2) is 29.4 Å². The number of aromatic nitrogens is 3. The SMILES string of the molecule is CC(=O)c1cccc(NC(=O)[C@H](C)Sc2nnc3n2CCCCC3)c1. The Labute approximate surface area is 151 Å². The zero-order valence-electron chi connectivity index (χ0n) is 14.5. The van der Waals surface area contributed by atoms with Gasteiger partial charge in [-0.3, -0.25) is 9.59 Å². The van der Waals surface area contributed by atoms with E-state index in [2.05, 4.69) is 20.1 Å². The van der Waals surface area contributed by atoms with Crippen LogP contribution in [0.4, 0.5) is 5.69 Å². The minimum Gasteiger partial charge on any atom is -0.325 e. The third-order valence-corrected chi connectivity index (χ3v) is 5.34. The minimum absolute atomic E-state index is 0.0234. The number of Topliss-reactive ketones (excluding diaryl/α,β-unsaturated/α-hetero) is 1. The van der Waals surface area contributed by atoms with E-state index in [1.807, 2.05) is 6.92 Å². The van der Waals surface area contributed by atoms with Gasteiger partial charge in [0.25, 0.3) is 0 Å². The second-order valence-electron chi connectivity index (χ2n) is 6.25. The molecule has 1 aromatic heterocycles. The van der Waals surface area contributed by atoms with Crippen LogP contribution in [-0.2, 0) is 17.8 Å². The molecule has 0 radical (unpaired) electrons. The lowest BCUT2D eigenvalue weighted by Crippen LogP contribution is -2.23. The average Bonchev–Trinajstić information content (AvgIpc) is 2.81. The van der Waals surface area contributed by atoms with E-state index < -0.39 is 0 Å². The maximum Gasteiger partial charge on any atom is 0.237 e. The van der Waals surface area contributed by atoms with Gasteiger partial charge in [-0.1, -0.05) is 30.3 Å². The van der Waals surface area contributed by atoms with E-state index in [4.69, 9.17) is 0 Å². The van der Waals surface area contributed by atoms with Crippen molar-refractivity contribution < 1.29 is 9.59 Å². The number of aryl methyl sites for hydroxylation is 1. The molecule has 0 saturated carbocycles. The van der Waals surface area contributed by atoms with Gasteiger partial charge in [-0.25, -0.2) is 0 Å². The molecule has 2 heterocycles. The summed E-state index contributed by atoms with van der Waals surface area (Å²) < 4.78 is 2.14. The molecule has 2 aromatic rings. The number of thioether (sulfide) groups is 1. The number of benzene rings is 1. The Bertz CT molecular complexity index is 787. The number of hydrogen-bond acceptors (Lipinski definition) is 5. The molecule has 1 aromatic carbocycles. The van der Waals surface area contributed by atoms with E-state index in [9.17, 15) is 9.59 Å². The summed E-state index contributed by atoms with van der Waals surface area (Å²) in [6.45, 7) is 4.28. The van der Waals surface area contributed by atoms with Gasteiger partial charge in [-0.15, -0.1) is 10.2 Å². The highest BCUT2D eigenvalue weighted by Crippen LogP contribution is 2.26. The molecule has 7 heteroatoms. The van der Waals surface area contributed by atoms with Gasteiger partial charge in [0, 0.05) is 24.2 Å². The van der Waals surface area contributed by atoms with Crippen LogP contribution in [0.25, 0.3) is 0 Å². The fraction of sp³-hybridized carbons (Fsp3) is 0.444. The van der Waals surface area contributed by atoms with Gasteiger partial charge in [0.15, 0.2) is 10.9 Å². The summed E-state index contributed by atoms with van der Waals surface area (Å²) in [6.07, 6.45) is 4.42. The summed E-state index contributed by atoms with van der Waals surface area (Å²) in [5.74, 6) is 0.878. The van der Waals surface area contributed by atoms with Gasteiger partial charge in [-0.05, 0) is 38.8 Å². The molecule has 0 aliphatic carbocycles. The number of hydrogen-bond donors (Lipinski definition) is 1. The highest BCUT2D eigenvalue weighted by molar-refractivity contribution is 8.00. The average molecular weight is 358 g/mol. The molecule has 25 heavy (non-hydrogen) atoms. The van der Waals surface area contributed by atoms with Crippen LogP contribution in [0.1, 0.15) is 49.3 Å². The molecule has 1 amide bonds. The van der Waals surface area contributed by atoms with Gasteiger partial charge < -0.3 is 9.88 Å². The molecule has 0 saturated heterocycles. The van der Waals surface area contributed by atoms with Gasteiger partial charge in [-0.2, -0.15) is 0 Å². The van der Waals surface area contributed by atoms with E-state index in [1.165, 1.54) is 25.1 Å². The van der Waals surface area contributed by atoms with Gasteiger partial charge in [0.05, 0.1) is 5.25 Å². The summed E-state index contributed by atoms with van der Waals surface area (Å²) in [7, 11) is 0. The van der Waals surface area contributed by atoms with Crippen LogP contribution < -0.4 is 5.32 Å². The third-order valence-electron chi connectivity index (χ3n) is 4.26. The van der Waals surface area contributed by atoms with Crippen molar-refractivity contribution in [3.8, 4) is 0 Å². The first-order valence-electron chi connectivity index (χ1n) is 8.55. The van der Waals surface area contributed by atoms with Crippen LogP contribution >= 0.6 is 11.8 Å². The largest absolute Gasteiger partial charge is 0.325 e. The lowest BCUT2D eigenvalue weighted by atomic mass is 10.1. The summed E-state index contributed by atoms with van der Waals surface area (Å²) in [5.41, 5.74) is 1.21. The number of nitrogens with one attached hydrogen (secondary N) is 1. The summed E-state index contributed by atoms with van der Waals surface area (Å²) in [6, 6.07) is 6.98. The number of nitrogens with zero attached hydrogens (tertiary/aromatic N) is 3. The number of anilines is 1. The minimum atomic E-state index is -0.308. The van der Waals surface area contributed by atoms with Crippen molar-refractivity contribution in [2.75, 3.05) is 5.32 Å². The maximum absolute atomic E-state index is 12.5. The Balaban J connectivity index is 1.66. The zero-order chi connectivity index (χ0) is 17.8. The molecule has 1 aliphatic rings. The Morgan fingerprint density at radius 2 is 2.08 bits per heavy atom. The van der Waals surface area contributed by atoms with Crippen molar-refractivity contribution in [1.29, 1.82) is 0 Å². The lowest BCUT2D eigenvalue weighted by Gasteiger charge is -2.13. The smallest absolute Gasteiger partial charge is 0.237 e. The van der Waals surface area contributed by atoms with Crippen molar-refractivity contribution in [2.45, 2.75) is 56.5 Å². The van der Waals surface area contributed by atoms with E-state index >= 15 is 0 Å². The Morgan fingerprint density at radius 1 is 1.24 bits per heavy atom. The van der Waals surface area contributed by atoms with E-state index in [0.717, 1.165) is 36.8 Å². The fourth-order valence-electron chi connectivity index (χ4n) is 2.82. The molecule has 0 spiro atoms. The quantitative estimate of drug-likeness (QED) is 0.655. The van der Waals surface area contributed by atoms with Gasteiger partial charge >= 0.3 is 0 Å². The first-order valence-corrected chi connectivity index (χ1v) is 9.43. The van der Waals surface area contributed by atoms with Crippen LogP contribution in [-0.4, -0.2) is 31.7 Å². The summed E-state index contributed by atoms with van der Waals surface area (Å²) in [5, 5.41) is 11.9. The van der Waals surface area contributed by atoms with Crippen LogP contribution in [0.2, 0.25) is 0 Å². The maximum atomic E-state index is 12.5. The number of amides is 1. The molecule has 0 bridgehead atoms. The Hall–Kier alpha value is -2.15. The predicted molar refractivity (Wildman–Crippen MR) is 98.0 cm³/mol. The second-order valence-corrected chi connectivity index (χ2v) is 7.56. The van der Waals surface area contributed by atoms with Crippen molar-refractivity contribution >= 4 is 29.1 Å². The van der Waals surface area contributed by atoms with Crippen LogP contribution in [0, 0.1) is 0 Å². The number of rotatable bonds is 5. The second kappa shape index (κ2) is 7.82. The molecule has 6 nitrogen and oxygen atoms in total. The number of carbonyl (C=O) groups is 2. The normalized spacial score (nSPS) is 15.1. The monoisotopic (exact) mass is 358 g/mol. The lowest BCUT2D eigenvalue weighted by molar-refractivity contribution is -0.115. The van der Waals surface area contributed by atoms with E-state index in [0.29, 0.717) is 11.3 Å². The number of fused-ring (bicyclic) bond motifs is 1.